The van der Waals surface area contributed by atoms with E-state index in [0.29, 0.717) is 5.92 Å². The molecule has 0 aliphatic heterocycles. The highest BCUT2D eigenvalue weighted by Gasteiger charge is 2.25. The second kappa shape index (κ2) is 4.65. The van der Waals surface area contributed by atoms with Crippen LogP contribution in [0.5, 0.6) is 5.75 Å². The lowest BCUT2D eigenvalue weighted by Gasteiger charge is -2.18. The fraction of sp³-hybridized carbons (Fsp3) is 0.467. The molecule has 3 nitrogen and oxygen atoms in total. The minimum atomic E-state index is 0.147. The van der Waals surface area contributed by atoms with Gasteiger partial charge in [0.2, 0.25) is 0 Å². The van der Waals surface area contributed by atoms with Gasteiger partial charge < -0.3 is 15.5 Å². The van der Waals surface area contributed by atoms with E-state index < -0.39 is 0 Å². The summed E-state index contributed by atoms with van der Waals surface area (Å²) in [6.45, 7) is 0. The lowest BCUT2D eigenvalue weighted by atomic mass is 9.92. The topological polar surface area (TPSA) is 51.0 Å². The van der Waals surface area contributed by atoms with Crippen molar-refractivity contribution < 1.29 is 4.74 Å². The summed E-state index contributed by atoms with van der Waals surface area (Å²) in [4.78, 5) is 3.31. The van der Waals surface area contributed by atoms with Crippen LogP contribution in [0.25, 0.3) is 10.9 Å². The zero-order valence-electron chi connectivity index (χ0n) is 10.8. The Labute approximate surface area is 107 Å². The minimum Gasteiger partial charge on any atom is -0.497 e. The number of nitrogens with one attached hydrogen (secondary N) is 1. The number of rotatable bonds is 3. The zero-order chi connectivity index (χ0) is 12.5. The highest BCUT2D eigenvalue weighted by atomic mass is 16.5. The monoisotopic (exact) mass is 244 g/mol. The van der Waals surface area contributed by atoms with Crippen LogP contribution in [0.4, 0.5) is 0 Å². The van der Waals surface area contributed by atoms with Crippen molar-refractivity contribution in [3.05, 3.63) is 30.0 Å². The first-order chi connectivity index (χ1) is 8.79. The predicted octanol–water partition coefficient (Wildman–Crippen LogP) is 3.37. The Morgan fingerprint density at radius 1 is 1.33 bits per heavy atom. The van der Waals surface area contributed by atoms with Crippen molar-refractivity contribution in [2.45, 2.75) is 31.7 Å². The van der Waals surface area contributed by atoms with Gasteiger partial charge in [0.1, 0.15) is 5.75 Å². The average molecular weight is 244 g/mol. The predicted molar refractivity (Wildman–Crippen MR) is 73.7 cm³/mol. The van der Waals surface area contributed by atoms with Crippen LogP contribution in [-0.2, 0) is 0 Å². The second-order valence-electron chi connectivity index (χ2n) is 5.23. The number of ether oxygens (including phenoxy) is 1. The fourth-order valence-electron chi connectivity index (χ4n) is 3.09. The summed E-state index contributed by atoms with van der Waals surface area (Å²) >= 11 is 0. The number of aromatic nitrogens is 1. The van der Waals surface area contributed by atoms with Crippen LogP contribution in [-0.4, -0.2) is 12.1 Å². The molecule has 3 rings (SSSR count). The van der Waals surface area contributed by atoms with Gasteiger partial charge in [0.15, 0.2) is 0 Å². The van der Waals surface area contributed by atoms with Gasteiger partial charge in [-0.1, -0.05) is 12.8 Å². The number of methoxy groups -OCH3 is 1. The van der Waals surface area contributed by atoms with Gasteiger partial charge in [-0.3, -0.25) is 0 Å². The quantitative estimate of drug-likeness (QED) is 0.869. The third-order valence-corrected chi connectivity index (χ3v) is 4.19. The third kappa shape index (κ3) is 1.89. The van der Waals surface area contributed by atoms with E-state index in [0.717, 1.165) is 11.3 Å². The first-order valence-electron chi connectivity index (χ1n) is 6.70. The maximum atomic E-state index is 6.44. The third-order valence-electron chi connectivity index (χ3n) is 4.19. The van der Waals surface area contributed by atoms with E-state index in [2.05, 4.69) is 23.3 Å². The molecule has 18 heavy (non-hydrogen) atoms. The summed E-state index contributed by atoms with van der Waals surface area (Å²) in [5.74, 6) is 1.53. The fourth-order valence-corrected chi connectivity index (χ4v) is 3.09. The number of benzene rings is 1. The second-order valence-corrected chi connectivity index (χ2v) is 5.23. The molecule has 1 aromatic heterocycles. The van der Waals surface area contributed by atoms with Crippen molar-refractivity contribution in [1.29, 1.82) is 0 Å². The molecule has 0 bridgehead atoms. The molecule has 1 unspecified atom stereocenters. The van der Waals surface area contributed by atoms with Crippen molar-refractivity contribution in [3.63, 3.8) is 0 Å². The Bertz CT molecular complexity index is 540. The van der Waals surface area contributed by atoms with Crippen LogP contribution in [0.2, 0.25) is 0 Å². The molecule has 96 valence electrons. The number of hydrogen-bond donors (Lipinski definition) is 2. The van der Waals surface area contributed by atoms with Gasteiger partial charge in [0.05, 0.1) is 7.11 Å². The van der Waals surface area contributed by atoms with E-state index in [1.165, 1.54) is 36.6 Å². The van der Waals surface area contributed by atoms with Gasteiger partial charge >= 0.3 is 0 Å². The standard InChI is InChI=1S/C15H20N2O/c1-18-11-6-7-14-12(8-11)13(9-17-14)15(16)10-4-2-3-5-10/h6-10,15,17H,2-5,16H2,1H3. The van der Waals surface area contributed by atoms with E-state index in [-0.39, 0.29) is 6.04 Å². The van der Waals surface area contributed by atoms with Crippen molar-refractivity contribution in [1.82, 2.24) is 4.98 Å². The molecule has 1 heterocycles. The first-order valence-corrected chi connectivity index (χ1v) is 6.70. The molecule has 1 aliphatic carbocycles. The molecular weight excluding hydrogens is 224 g/mol. The number of hydrogen-bond acceptors (Lipinski definition) is 2. The molecule has 0 saturated heterocycles. The molecular formula is C15H20N2O. The number of fused-ring (bicyclic) bond motifs is 1. The SMILES string of the molecule is COc1ccc2[nH]cc(C(N)C3CCCC3)c2c1. The Balaban J connectivity index is 1.99. The minimum absolute atomic E-state index is 0.147. The molecule has 3 N–H and O–H groups in total. The summed E-state index contributed by atoms with van der Waals surface area (Å²) in [5.41, 5.74) is 8.81. The Kier molecular flexibility index (Phi) is 3.00. The van der Waals surface area contributed by atoms with Crippen molar-refractivity contribution in [2.24, 2.45) is 11.7 Å². The highest BCUT2D eigenvalue weighted by molar-refractivity contribution is 5.85. The first kappa shape index (κ1) is 11.6. The largest absolute Gasteiger partial charge is 0.497 e. The van der Waals surface area contributed by atoms with Gasteiger partial charge in [-0.2, -0.15) is 0 Å². The van der Waals surface area contributed by atoms with Gasteiger partial charge in [-0.25, -0.2) is 0 Å². The Morgan fingerprint density at radius 2 is 2.11 bits per heavy atom. The highest BCUT2D eigenvalue weighted by Crippen LogP contribution is 2.37. The smallest absolute Gasteiger partial charge is 0.119 e. The number of aromatic amines is 1. The van der Waals surface area contributed by atoms with Gasteiger partial charge in [-0.05, 0) is 42.5 Å². The molecule has 0 radical (unpaired) electrons. The zero-order valence-corrected chi connectivity index (χ0v) is 10.8. The molecule has 1 aromatic carbocycles. The van der Waals surface area contributed by atoms with Crippen LogP contribution in [0.15, 0.2) is 24.4 Å². The lowest BCUT2D eigenvalue weighted by molar-refractivity contribution is 0.415. The van der Waals surface area contributed by atoms with Crippen LogP contribution in [0.3, 0.4) is 0 Å². The maximum absolute atomic E-state index is 6.44. The molecule has 0 spiro atoms. The molecule has 1 atom stereocenters. The molecule has 2 aromatic rings. The van der Waals surface area contributed by atoms with Crippen LogP contribution in [0.1, 0.15) is 37.3 Å². The van der Waals surface area contributed by atoms with Crippen molar-refractivity contribution in [3.8, 4) is 5.75 Å². The lowest BCUT2D eigenvalue weighted by Crippen LogP contribution is -2.18. The summed E-state index contributed by atoms with van der Waals surface area (Å²) < 4.78 is 5.30. The molecule has 1 fully saturated rings. The summed E-state index contributed by atoms with van der Waals surface area (Å²) in [6, 6.07) is 6.26. The van der Waals surface area contributed by atoms with E-state index in [1.807, 2.05) is 6.07 Å². The van der Waals surface area contributed by atoms with Gasteiger partial charge in [-0.15, -0.1) is 0 Å². The summed E-state index contributed by atoms with van der Waals surface area (Å²) in [7, 11) is 1.70. The molecule has 1 aliphatic rings. The Morgan fingerprint density at radius 3 is 2.83 bits per heavy atom. The van der Waals surface area contributed by atoms with Crippen LogP contribution >= 0.6 is 0 Å². The van der Waals surface area contributed by atoms with Gasteiger partial charge in [0, 0.05) is 23.1 Å². The van der Waals surface area contributed by atoms with E-state index in [1.54, 1.807) is 7.11 Å². The Hall–Kier alpha value is -1.48. The van der Waals surface area contributed by atoms with Crippen LogP contribution in [0, 0.1) is 5.92 Å². The number of H-pyrrole nitrogens is 1. The number of nitrogens with two attached hydrogens (primary N) is 1. The van der Waals surface area contributed by atoms with E-state index in [4.69, 9.17) is 10.5 Å². The van der Waals surface area contributed by atoms with E-state index in [9.17, 15) is 0 Å². The van der Waals surface area contributed by atoms with Crippen molar-refractivity contribution >= 4 is 10.9 Å². The van der Waals surface area contributed by atoms with Crippen LogP contribution < -0.4 is 10.5 Å². The molecule has 0 amide bonds. The summed E-state index contributed by atoms with van der Waals surface area (Å²) in [6.07, 6.45) is 7.23. The van der Waals surface area contributed by atoms with E-state index >= 15 is 0 Å². The summed E-state index contributed by atoms with van der Waals surface area (Å²) in [5, 5.41) is 1.20. The normalized spacial score (nSPS) is 18.3. The van der Waals surface area contributed by atoms with Gasteiger partial charge in [0.25, 0.3) is 0 Å². The average Bonchev–Trinajstić information content (AvgIpc) is 3.06. The molecule has 1 saturated carbocycles. The van der Waals surface area contributed by atoms with Crippen molar-refractivity contribution in [2.75, 3.05) is 7.11 Å². The maximum Gasteiger partial charge on any atom is 0.119 e. The molecule has 3 heteroatoms.